The Balaban J connectivity index is 2.56. The first kappa shape index (κ1) is 16.0. The lowest BCUT2D eigenvalue weighted by Gasteiger charge is -2.13. The van der Waals surface area contributed by atoms with Crippen molar-refractivity contribution in [1.29, 1.82) is 0 Å². The zero-order valence-electron chi connectivity index (χ0n) is 12.3. The largest absolute Gasteiger partial charge is 0.484 e. The first-order valence-corrected chi connectivity index (χ1v) is 6.56. The van der Waals surface area contributed by atoms with Crippen LogP contribution in [-0.2, 0) is 9.59 Å². The Kier molecular flexibility index (Phi) is 5.55. The van der Waals surface area contributed by atoms with Crippen molar-refractivity contribution in [3.8, 4) is 5.75 Å². The van der Waals surface area contributed by atoms with Crippen molar-refractivity contribution < 1.29 is 19.4 Å². The number of aryl methyl sites for hydroxylation is 1. The maximum Gasteiger partial charge on any atom is 0.325 e. The van der Waals surface area contributed by atoms with E-state index in [0.29, 0.717) is 11.7 Å². The molecule has 1 aromatic rings. The summed E-state index contributed by atoms with van der Waals surface area (Å²) in [4.78, 5) is 22.1. The molecule has 0 saturated carbocycles. The van der Waals surface area contributed by atoms with Gasteiger partial charge in [0.05, 0.1) is 0 Å². The molecule has 1 atom stereocenters. The summed E-state index contributed by atoms with van der Waals surface area (Å²) in [6, 6.07) is 4.75. The average molecular weight is 279 g/mol. The second-order valence-electron chi connectivity index (χ2n) is 5.09. The summed E-state index contributed by atoms with van der Waals surface area (Å²) in [7, 11) is 0. The SMILES string of the molecule is Cc1cc(OCC(=O)N[C@@H](C)C(=O)O)ccc1C(C)C. The van der Waals surface area contributed by atoms with Crippen molar-refractivity contribution in [2.75, 3.05) is 6.61 Å². The first-order chi connectivity index (χ1) is 9.31. The lowest BCUT2D eigenvalue weighted by molar-refractivity contribution is -0.141. The first-order valence-electron chi connectivity index (χ1n) is 6.56. The van der Waals surface area contributed by atoms with Crippen molar-refractivity contribution in [3.05, 3.63) is 29.3 Å². The number of rotatable bonds is 6. The predicted octanol–water partition coefficient (Wildman–Crippen LogP) is 2.09. The highest BCUT2D eigenvalue weighted by molar-refractivity contribution is 5.84. The predicted molar refractivity (Wildman–Crippen MR) is 76.0 cm³/mol. The third-order valence-electron chi connectivity index (χ3n) is 2.98. The van der Waals surface area contributed by atoms with E-state index in [2.05, 4.69) is 19.2 Å². The van der Waals surface area contributed by atoms with Crippen molar-refractivity contribution in [2.24, 2.45) is 0 Å². The Labute approximate surface area is 118 Å². The molecule has 1 rings (SSSR count). The smallest absolute Gasteiger partial charge is 0.325 e. The Morgan fingerprint density at radius 3 is 2.45 bits per heavy atom. The molecule has 1 aromatic carbocycles. The van der Waals surface area contributed by atoms with Crippen LogP contribution < -0.4 is 10.1 Å². The topological polar surface area (TPSA) is 75.6 Å². The lowest BCUT2D eigenvalue weighted by Crippen LogP contribution is -2.40. The number of hydrogen-bond acceptors (Lipinski definition) is 3. The van der Waals surface area contributed by atoms with Gasteiger partial charge in [-0.3, -0.25) is 9.59 Å². The summed E-state index contributed by atoms with van der Waals surface area (Å²) in [5.41, 5.74) is 2.35. The number of carboxylic acid groups (broad SMARTS) is 1. The van der Waals surface area contributed by atoms with Crippen molar-refractivity contribution in [3.63, 3.8) is 0 Å². The number of aliphatic carboxylic acids is 1. The minimum Gasteiger partial charge on any atom is -0.484 e. The van der Waals surface area contributed by atoms with Gasteiger partial charge >= 0.3 is 5.97 Å². The molecule has 0 aliphatic carbocycles. The normalized spacial score (nSPS) is 12.1. The number of benzene rings is 1. The molecule has 0 unspecified atom stereocenters. The highest BCUT2D eigenvalue weighted by atomic mass is 16.5. The summed E-state index contributed by atoms with van der Waals surface area (Å²) in [5, 5.41) is 11.0. The second-order valence-corrected chi connectivity index (χ2v) is 5.09. The van der Waals surface area contributed by atoms with E-state index in [-0.39, 0.29) is 6.61 Å². The van der Waals surface area contributed by atoms with Crippen LogP contribution in [0.25, 0.3) is 0 Å². The average Bonchev–Trinajstić information content (AvgIpc) is 2.35. The highest BCUT2D eigenvalue weighted by Gasteiger charge is 2.14. The third kappa shape index (κ3) is 4.57. The van der Waals surface area contributed by atoms with E-state index in [9.17, 15) is 9.59 Å². The van der Waals surface area contributed by atoms with Crippen LogP contribution in [0.3, 0.4) is 0 Å². The number of ether oxygens (including phenoxy) is 1. The fourth-order valence-corrected chi connectivity index (χ4v) is 1.88. The van der Waals surface area contributed by atoms with Gasteiger partial charge in [-0.05, 0) is 43.0 Å². The van der Waals surface area contributed by atoms with Gasteiger partial charge in [0, 0.05) is 0 Å². The molecule has 0 aliphatic heterocycles. The number of carbonyl (C=O) groups excluding carboxylic acids is 1. The molecule has 0 heterocycles. The van der Waals surface area contributed by atoms with Crippen molar-refractivity contribution >= 4 is 11.9 Å². The Hall–Kier alpha value is -2.04. The molecule has 0 radical (unpaired) electrons. The van der Waals surface area contributed by atoms with E-state index in [0.717, 1.165) is 5.56 Å². The Morgan fingerprint density at radius 2 is 1.95 bits per heavy atom. The maximum atomic E-state index is 11.5. The van der Waals surface area contributed by atoms with E-state index >= 15 is 0 Å². The van der Waals surface area contributed by atoms with Crippen molar-refractivity contribution in [2.45, 2.75) is 39.7 Å². The number of amides is 1. The van der Waals surface area contributed by atoms with Gasteiger partial charge in [0.2, 0.25) is 0 Å². The van der Waals surface area contributed by atoms with E-state index in [1.165, 1.54) is 12.5 Å². The van der Waals surface area contributed by atoms with Crippen LogP contribution in [0.15, 0.2) is 18.2 Å². The van der Waals surface area contributed by atoms with Crippen LogP contribution in [0.4, 0.5) is 0 Å². The number of carboxylic acids is 1. The zero-order valence-corrected chi connectivity index (χ0v) is 12.3. The molecule has 110 valence electrons. The van der Waals surface area contributed by atoms with Gasteiger partial charge in [-0.25, -0.2) is 0 Å². The van der Waals surface area contributed by atoms with E-state index in [1.54, 1.807) is 0 Å². The summed E-state index contributed by atoms with van der Waals surface area (Å²) in [6.07, 6.45) is 0. The molecule has 0 spiro atoms. The van der Waals surface area contributed by atoms with Gasteiger partial charge in [-0.15, -0.1) is 0 Å². The monoisotopic (exact) mass is 279 g/mol. The summed E-state index contributed by atoms with van der Waals surface area (Å²) in [5.74, 6) is -0.491. The van der Waals surface area contributed by atoms with Crippen LogP contribution >= 0.6 is 0 Å². The molecule has 5 heteroatoms. The second kappa shape index (κ2) is 6.93. The third-order valence-corrected chi connectivity index (χ3v) is 2.98. The fourth-order valence-electron chi connectivity index (χ4n) is 1.88. The van der Waals surface area contributed by atoms with E-state index in [4.69, 9.17) is 9.84 Å². The molecule has 2 N–H and O–H groups in total. The van der Waals surface area contributed by atoms with Gasteiger partial charge in [0.25, 0.3) is 5.91 Å². The highest BCUT2D eigenvalue weighted by Crippen LogP contribution is 2.23. The Bertz CT molecular complexity index is 497. The van der Waals surface area contributed by atoms with Crippen LogP contribution in [0, 0.1) is 6.92 Å². The minimum atomic E-state index is -1.07. The molecule has 20 heavy (non-hydrogen) atoms. The van der Waals surface area contributed by atoms with Crippen LogP contribution in [0.1, 0.15) is 37.8 Å². The van der Waals surface area contributed by atoms with Crippen LogP contribution in [0.5, 0.6) is 5.75 Å². The van der Waals surface area contributed by atoms with Crippen LogP contribution in [-0.4, -0.2) is 29.6 Å². The molecular weight excluding hydrogens is 258 g/mol. The van der Waals surface area contributed by atoms with Crippen molar-refractivity contribution in [1.82, 2.24) is 5.32 Å². The van der Waals surface area contributed by atoms with Gasteiger partial charge in [-0.1, -0.05) is 19.9 Å². The van der Waals surface area contributed by atoms with E-state index in [1.807, 2.05) is 25.1 Å². The van der Waals surface area contributed by atoms with Gasteiger partial charge in [-0.2, -0.15) is 0 Å². The molecule has 0 aliphatic rings. The quantitative estimate of drug-likeness (QED) is 0.836. The maximum absolute atomic E-state index is 11.5. The van der Waals surface area contributed by atoms with Gasteiger partial charge in [0.1, 0.15) is 11.8 Å². The standard InChI is InChI=1S/C15H21NO4/c1-9(2)13-6-5-12(7-10(13)3)20-8-14(17)16-11(4)15(18)19/h5-7,9,11H,8H2,1-4H3,(H,16,17)(H,18,19)/t11-/m0/s1. The van der Waals surface area contributed by atoms with Gasteiger partial charge in [0.15, 0.2) is 6.61 Å². The zero-order chi connectivity index (χ0) is 15.3. The number of hydrogen-bond donors (Lipinski definition) is 2. The van der Waals surface area contributed by atoms with Gasteiger partial charge < -0.3 is 15.2 Å². The fraction of sp³-hybridized carbons (Fsp3) is 0.467. The molecule has 0 saturated heterocycles. The Morgan fingerprint density at radius 1 is 1.30 bits per heavy atom. The molecule has 1 amide bonds. The van der Waals surface area contributed by atoms with Crippen LogP contribution in [0.2, 0.25) is 0 Å². The summed E-state index contributed by atoms with van der Waals surface area (Å²) < 4.78 is 5.36. The molecule has 0 aromatic heterocycles. The lowest BCUT2D eigenvalue weighted by atomic mass is 9.98. The van der Waals surface area contributed by atoms with E-state index < -0.39 is 17.9 Å². The number of carbonyl (C=O) groups is 2. The molecule has 0 bridgehead atoms. The summed E-state index contributed by atoms with van der Waals surface area (Å²) in [6.45, 7) is 7.43. The molecule has 0 fully saturated rings. The molecule has 5 nitrogen and oxygen atoms in total. The number of nitrogens with one attached hydrogen (secondary N) is 1. The minimum absolute atomic E-state index is 0.196. The molecular formula is C15H21NO4. The summed E-state index contributed by atoms with van der Waals surface area (Å²) >= 11 is 0.